The number of morpholine rings is 1. The fourth-order valence-corrected chi connectivity index (χ4v) is 2.94. The first-order valence-electron chi connectivity index (χ1n) is 6.16. The summed E-state index contributed by atoms with van der Waals surface area (Å²) < 4.78 is 6.97. The number of rotatable bonds is 3. The van der Waals surface area contributed by atoms with Crippen LogP contribution in [-0.4, -0.2) is 57.1 Å². The molecule has 3 heterocycles. The summed E-state index contributed by atoms with van der Waals surface area (Å²) in [6.45, 7) is 0.713. The zero-order valence-corrected chi connectivity index (χ0v) is 11.4. The Morgan fingerprint density at radius 1 is 1.55 bits per heavy atom. The lowest BCUT2D eigenvalue weighted by Crippen LogP contribution is -2.53. The lowest BCUT2D eigenvalue weighted by molar-refractivity contribution is -0.158. The summed E-state index contributed by atoms with van der Waals surface area (Å²) in [5, 5.41) is 11.0. The van der Waals surface area contributed by atoms with Crippen LogP contribution in [0.25, 0.3) is 4.96 Å². The van der Waals surface area contributed by atoms with Crippen molar-refractivity contribution in [2.45, 2.75) is 12.5 Å². The number of carboxylic acid groups (broad SMARTS) is 1. The standard InChI is InChI=1S/C12H13N3O4S/c16-10(15-1-3-19-7-9(15)11(17)18)5-8-6-14-2-4-20-12(14)13-8/h2,4,6,9H,1,3,5,7H2,(H,17,18)/t9-/m0/s1. The maximum atomic E-state index is 12.2. The molecule has 0 aliphatic carbocycles. The Kier molecular flexibility index (Phi) is 3.41. The van der Waals surface area contributed by atoms with Gasteiger partial charge in [0.1, 0.15) is 0 Å². The van der Waals surface area contributed by atoms with Crippen molar-refractivity contribution in [3.63, 3.8) is 0 Å². The van der Waals surface area contributed by atoms with E-state index >= 15 is 0 Å². The van der Waals surface area contributed by atoms with Crippen LogP contribution in [0.3, 0.4) is 0 Å². The minimum absolute atomic E-state index is 0.0410. The topological polar surface area (TPSA) is 84.1 Å². The number of thiazole rings is 1. The number of nitrogens with zero attached hydrogens (tertiary/aromatic N) is 3. The molecular weight excluding hydrogens is 282 g/mol. The van der Waals surface area contributed by atoms with E-state index in [1.807, 2.05) is 16.0 Å². The Bertz CT molecular complexity index is 621. The predicted molar refractivity (Wildman–Crippen MR) is 70.7 cm³/mol. The molecule has 1 saturated heterocycles. The number of amides is 1. The molecule has 0 aromatic carbocycles. The van der Waals surface area contributed by atoms with Gasteiger partial charge in [-0.3, -0.25) is 9.20 Å². The molecule has 1 amide bonds. The number of carbonyl (C=O) groups excluding carboxylic acids is 1. The van der Waals surface area contributed by atoms with E-state index in [0.717, 1.165) is 4.96 Å². The van der Waals surface area contributed by atoms with Crippen LogP contribution in [0.5, 0.6) is 0 Å². The van der Waals surface area contributed by atoms with Crippen LogP contribution in [0, 0.1) is 0 Å². The molecular formula is C12H13N3O4S. The quantitative estimate of drug-likeness (QED) is 0.877. The van der Waals surface area contributed by atoms with E-state index in [1.54, 1.807) is 6.20 Å². The van der Waals surface area contributed by atoms with Crippen molar-refractivity contribution in [3.8, 4) is 0 Å². The van der Waals surface area contributed by atoms with E-state index in [-0.39, 0.29) is 18.9 Å². The number of fused-ring (bicyclic) bond motifs is 1. The van der Waals surface area contributed by atoms with Gasteiger partial charge in [0, 0.05) is 24.3 Å². The Morgan fingerprint density at radius 3 is 3.15 bits per heavy atom. The van der Waals surface area contributed by atoms with Crippen LogP contribution in [0.1, 0.15) is 5.69 Å². The monoisotopic (exact) mass is 295 g/mol. The van der Waals surface area contributed by atoms with Gasteiger partial charge < -0.3 is 14.7 Å². The smallest absolute Gasteiger partial charge is 0.328 e. The molecule has 2 aromatic rings. The van der Waals surface area contributed by atoms with Crippen molar-refractivity contribution in [1.29, 1.82) is 0 Å². The number of carboxylic acids is 1. The highest BCUT2D eigenvalue weighted by Crippen LogP contribution is 2.14. The highest BCUT2D eigenvalue weighted by Gasteiger charge is 2.32. The molecule has 1 N–H and O–H groups in total. The Balaban J connectivity index is 1.74. The zero-order chi connectivity index (χ0) is 14.1. The lowest BCUT2D eigenvalue weighted by atomic mass is 10.2. The van der Waals surface area contributed by atoms with E-state index in [1.165, 1.54) is 16.2 Å². The van der Waals surface area contributed by atoms with Crippen molar-refractivity contribution in [2.75, 3.05) is 19.8 Å². The van der Waals surface area contributed by atoms with Gasteiger partial charge in [-0.1, -0.05) is 0 Å². The molecule has 2 aromatic heterocycles. The number of hydrogen-bond donors (Lipinski definition) is 1. The normalized spacial score (nSPS) is 19.4. The molecule has 0 unspecified atom stereocenters. The summed E-state index contributed by atoms with van der Waals surface area (Å²) >= 11 is 1.49. The number of ether oxygens (including phenoxy) is 1. The van der Waals surface area contributed by atoms with Gasteiger partial charge in [0.05, 0.1) is 25.3 Å². The number of imidazole rings is 1. The zero-order valence-electron chi connectivity index (χ0n) is 10.6. The Morgan fingerprint density at radius 2 is 2.40 bits per heavy atom. The van der Waals surface area contributed by atoms with Crippen molar-refractivity contribution in [2.24, 2.45) is 0 Å². The second-order valence-corrected chi connectivity index (χ2v) is 5.39. The third kappa shape index (κ3) is 2.39. The summed E-state index contributed by atoms with van der Waals surface area (Å²) in [6.07, 6.45) is 3.77. The maximum Gasteiger partial charge on any atom is 0.328 e. The second kappa shape index (κ2) is 5.22. The molecule has 1 atom stereocenters. The van der Waals surface area contributed by atoms with Crippen LogP contribution in [0.15, 0.2) is 17.8 Å². The van der Waals surface area contributed by atoms with Gasteiger partial charge in [-0.2, -0.15) is 0 Å². The highest BCUT2D eigenvalue weighted by molar-refractivity contribution is 7.15. The molecule has 0 saturated carbocycles. The van der Waals surface area contributed by atoms with Crippen molar-refractivity contribution >= 4 is 28.2 Å². The van der Waals surface area contributed by atoms with Gasteiger partial charge in [-0.05, 0) is 0 Å². The van der Waals surface area contributed by atoms with Gasteiger partial charge in [0.2, 0.25) is 5.91 Å². The summed E-state index contributed by atoms with van der Waals surface area (Å²) in [6, 6.07) is -0.903. The number of hydrogen-bond acceptors (Lipinski definition) is 5. The van der Waals surface area contributed by atoms with Crippen LogP contribution >= 0.6 is 11.3 Å². The van der Waals surface area contributed by atoms with Gasteiger partial charge in [-0.25, -0.2) is 9.78 Å². The van der Waals surface area contributed by atoms with Crippen molar-refractivity contribution in [1.82, 2.24) is 14.3 Å². The van der Waals surface area contributed by atoms with E-state index < -0.39 is 12.0 Å². The molecule has 1 fully saturated rings. The minimum atomic E-state index is -1.04. The predicted octanol–water partition coefficient (Wildman–Crippen LogP) is 0.250. The van der Waals surface area contributed by atoms with Crippen LogP contribution in [0.4, 0.5) is 0 Å². The van der Waals surface area contributed by atoms with Crippen molar-refractivity contribution < 1.29 is 19.4 Å². The molecule has 7 nitrogen and oxygen atoms in total. The number of aromatic nitrogens is 2. The van der Waals surface area contributed by atoms with E-state index in [0.29, 0.717) is 18.8 Å². The van der Waals surface area contributed by atoms with Gasteiger partial charge in [0.15, 0.2) is 11.0 Å². The number of carbonyl (C=O) groups is 2. The van der Waals surface area contributed by atoms with Gasteiger partial charge in [-0.15, -0.1) is 11.3 Å². The van der Waals surface area contributed by atoms with E-state index in [9.17, 15) is 9.59 Å². The Hall–Kier alpha value is -1.93. The van der Waals surface area contributed by atoms with Gasteiger partial charge in [0.25, 0.3) is 0 Å². The molecule has 0 radical (unpaired) electrons. The fraction of sp³-hybridized carbons (Fsp3) is 0.417. The minimum Gasteiger partial charge on any atom is -0.480 e. The summed E-state index contributed by atoms with van der Waals surface area (Å²) in [4.78, 5) is 29.9. The third-order valence-corrected chi connectivity index (χ3v) is 3.98. The first-order chi connectivity index (χ1) is 9.65. The summed E-state index contributed by atoms with van der Waals surface area (Å²) in [7, 11) is 0. The largest absolute Gasteiger partial charge is 0.480 e. The van der Waals surface area contributed by atoms with Crippen molar-refractivity contribution in [3.05, 3.63) is 23.5 Å². The van der Waals surface area contributed by atoms with Crippen LogP contribution in [-0.2, 0) is 20.7 Å². The molecule has 3 rings (SSSR count). The summed E-state index contributed by atoms with van der Waals surface area (Å²) in [5.74, 6) is -1.27. The van der Waals surface area contributed by atoms with E-state index in [4.69, 9.17) is 9.84 Å². The highest BCUT2D eigenvalue weighted by atomic mass is 32.1. The average molecular weight is 295 g/mol. The van der Waals surface area contributed by atoms with Crippen LogP contribution in [0.2, 0.25) is 0 Å². The lowest BCUT2D eigenvalue weighted by Gasteiger charge is -2.32. The van der Waals surface area contributed by atoms with Crippen LogP contribution < -0.4 is 0 Å². The maximum absolute atomic E-state index is 12.2. The second-order valence-electron chi connectivity index (χ2n) is 4.52. The molecule has 0 bridgehead atoms. The first-order valence-corrected chi connectivity index (χ1v) is 7.04. The number of aliphatic carboxylic acids is 1. The molecule has 1 aliphatic heterocycles. The van der Waals surface area contributed by atoms with E-state index in [2.05, 4.69) is 4.98 Å². The Labute approximate surface area is 118 Å². The first kappa shape index (κ1) is 13.1. The molecule has 1 aliphatic rings. The molecule has 8 heteroatoms. The fourth-order valence-electron chi connectivity index (χ4n) is 2.22. The molecule has 106 valence electrons. The van der Waals surface area contributed by atoms with Gasteiger partial charge >= 0.3 is 5.97 Å². The SMILES string of the molecule is O=C(O)[C@@H]1COCCN1C(=O)Cc1cn2ccsc2n1. The summed E-state index contributed by atoms with van der Waals surface area (Å²) in [5.41, 5.74) is 0.650. The average Bonchev–Trinajstić information content (AvgIpc) is 2.99. The third-order valence-electron chi connectivity index (χ3n) is 3.21. The molecule has 0 spiro atoms. The molecule has 20 heavy (non-hydrogen) atoms.